The van der Waals surface area contributed by atoms with Crippen molar-refractivity contribution in [2.75, 3.05) is 13.2 Å². The molecular weight excluding hydrogens is 284 g/mol. The molecule has 9 heteroatoms. The van der Waals surface area contributed by atoms with Crippen molar-refractivity contribution < 1.29 is 34.8 Å². The zero-order valence-corrected chi connectivity index (χ0v) is 11.5. The number of aliphatic carboxylic acids is 1. The molecule has 0 radical (unpaired) electrons. The molecule has 0 spiro atoms. The molecule has 0 saturated carbocycles. The van der Waals surface area contributed by atoms with E-state index in [1.165, 1.54) is 13.0 Å². The fraction of sp³-hybridized carbons (Fsp3) is 0.667. The Morgan fingerprint density at radius 1 is 1.48 bits per heavy atom. The lowest BCUT2D eigenvalue weighted by Crippen LogP contribution is -2.59. The minimum atomic E-state index is -1.59. The summed E-state index contributed by atoms with van der Waals surface area (Å²) in [5.74, 6) is -2.81. The van der Waals surface area contributed by atoms with Gasteiger partial charge in [0.15, 0.2) is 0 Å². The topological polar surface area (TPSA) is 162 Å². The lowest BCUT2D eigenvalue weighted by atomic mass is 9.87. The van der Waals surface area contributed by atoms with E-state index in [9.17, 15) is 19.8 Å². The Balaban J connectivity index is 3.12. The Morgan fingerprint density at radius 2 is 2.10 bits per heavy atom. The Kier molecular flexibility index (Phi) is 6.09. The molecule has 1 heterocycles. The number of carbonyl (C=O) groups excluding carboxylic acids is 1. The molecular formula is C12H20N2O7. The van der Waals surface area contributed by atoms with Gasteiger partial charge in [-0.15, -0.1) is 0 Å². The second kappa shape index (κ2) is 7.36. The van der Waals surface area contributed by atoms with Crippen molar-refractivity contribution in [3.63, 3.8) is 0 Å². The summed E-state index contributed by atoms with van der Waals surface area (Å²) in [5, 5.41) is 39.9. The first-order valence-corrected chi connectivity index (χ1v) is 6.37. The Labute approximate surface area is 121 Å². The third-order valence-corrected chi connectivity index (χ3v) is 3.21. The molecule has 7 N–H and O–H groups in total. The van der Waals surface area contributed by atoms with Crippen molar-refractivity contribution in [1.29, 1.82) is 0 Å². The van der Waals surface area contributed by atoms with Crippen LogP contribution in [0.15, 0.2) is 11.8 Å². The normalized spacial score (nSPS) is 28.0. The van der Waals surface area contributed by atoms with Crippen molar-refractivity contribution in [1.82, 2.24) is 5.32 Å². The maximum atomic E-state index is 11.3. The molecule has 0 saturated heterocycles. The fourth-order valence-electron chi connectivity index (χ4n) is 2.17. The van der Waals surface area contributed by atoms with Crippen LogP contribution < -0.4 is 11.1 Å². The van der Waals surface area contributed by atoms with Crippen LogP contribution in [0.25, 0.3) is 0 Å². The zero-order valence-electron chi connectivity index (χ0n) is 11.5. The lowest BCUT2D eigenvalue weighted by molar-refractivity contribution is -0.147. The molecule has 1 aliphatic rings. The smallest absolute Gasteiger partial charge is 0.370 e. The molecule has 5 unspecified atom stereocenters. The van der Waals surface area contributed by atoms with Crippen LogP contribution in [0, 0.1) is 5.92 Å². The number of hydrogen-bond acceptors (Lipinski definition) is 7. The molecule has 1 aliphatic heterocycles. The minimum Gasteiger partial charge on any atom is -0.478 e. The van der Waals surface area contributed by atoms with Gasteiger partial charge in [-0.2, -0.15) is 0 Å². The Hall–Kier alpha value is -1.68. The number of nitrogens with one attached hydrogen (secondary N) is 1. The fourth-order valence-corrected chi connectivity index (χ4v) is 2.17. The van der Waals surface area contributed by atoms with Crippen LogP contribution >= 0.6 is 0 Å². The van der Waals surface area contributed by atoms with Crippen LogP contribution in [0.4, 0.5) is 0 Å². The van der Waals surface area contributed by atoms with Gasteiger partial charge >= 0.3 is 5.97 Å². The van der Waals surface area contributed by atoms with Crippen molar-refractivity contribution in [2.24, 2.45) is 11.7 Å². The predicted octanol–water partition coefficient (Wildman–Crippen LogP) is -2.85. The molecule has 0 bridgehead atoms. The maximum Gasteiger partial charge on any atom is 0.370 e. The molecule has 0 aromatic heterocycles. The average Bonchev–Trinajstić information content (AvgIpc) is 2.44. The first-order valence-electron chi connectivity index (χ1n) is 6.37. The highest BCUT2D eigenvalue weighted by Crippen LogP contribution is 2.26. The summed E-state index contributed by atoms with van der Waals surface area (Å²) in [4.78, 5) is 22.3. The first-order chi connectivity index (χ1) is 9.81. The number of ether oxygens (including phenoxy) is 1. The number of carbonyl (C=O) groups is 2. The maximum absolute atomic E-state index is 11.3. The quantitative estimate of drug-likeness (QED) is 0.305. The average molecular weight is 304 g/mol. The van der Waals surface area contributed by atoms with Crippen molar-refractivity contribution in [2.45, 2.75) is 31.3 Å². The summed E-state index contributed by atoms with van der Waals surface area (Å²) in [6.45, 7) is 0.507. The summed E-state index contributed by atoms with van der Waals surface area (Å²) in [7, 11) is 0. The molecule has 0 aromatic rings. The van der Waals surface area contributed by atoms with E-state index in [2.05, 4.69) is 5.32 Å². The molecule has 0 fully saturated rings. The number of aliphatic hydroxyl groups excluding tert-OH is 3. The van der Waals surface area contributed by atoms with Gasteiger partial charge < -0.3 is 36.2 Å². The molecule has 9 nitrogen and oxygen atoms in total. The van der Waals surface area contributed by atoms with Gasteiger partial charge in [0.2, 0.25) is 11.7 Å². The SMILES string of the molecule is CC(=O)NC1C(CN)C=C(C(=O)O)OC1C(O)C(O)CO. The number of amides is 1. The number of nitrogens with two attached hydrogens (primary N) is 1. The van der Waals surface area contributed by atoms with E-state index < -0.39 is 54.5 Å². The molecule has 5 atom stereocenters. The monoisotopic (exact) mass is 304 g/mol. The van der Waals surface area contributed by atoms with Crippen LogP contribution in [0.1, 0.15) is 6.92 Å². The third-order valence-electron chi connectivity index (χ3n) is 3.21. The van der Waals surface area contributed by atoms with E-state index >= 15 is 0 Å². The summed E-state index contributed by atoms with van der Waals surface area (Å²) >= 11 is 0. The number of carboxylic acid groups (broad SMARTS) is 1. The van der Waals surface area contributed by atoms with E-state index in [0.29, 0.717) is 0 Å². The summed E-state index contributed by atoms with van der Waals surface area (Å²) in [6.07, 6.45) is -3.14. The van der Waals surface area contributed by atoms with Crippen LogP contribution in [0.3, 0.4) is 0 Å². The Bertz CT molecular complexity index is 426. The predicted molar refractivity (Wildman–Crippen MR) is 69.8 cm³/mol. The van der Waals surface area contributed by atoms with Gasteiger partial charge in [0.05, 0.1) is 12.6 Å². The summed E-state index contributed by atoms with van der Waals surface area (Å²) in [5.41, 5.74) is 5.56. The number of hydrogen-bond donors (Lipinski definition) is 6. The van der Waals surface area contributed by atoms with E-state index in [-0.39, 0.29) is 6.54 Å². The molecule has 0 aliphatic carbocycles. The first kappa shape index (κ1) is 17.4. The third kappa shape index (κ3) is 4.14. The summed E-state index contributed by atoms with van der Waals surface area (Å²) < 4.78 is 5.15. The van der Waals surface area contributed by atoms with Gasteiger partial charge in [-0.25, -0.2) is 4.79 Å². The van der Waals surface area contributed by atoms with E-state index in [4.69, 9.17) is 20.7 Å². The zero-order chi connectivity index (χ0) is 16.2. The van der Waals surface area contributed by atoms with E-state index in [1.54, 1.807) is 0 Å². The molecule has 120 valence electrons. The largest absolute Gasteiger partial charge is 0.478 e. The van der Waals surface area contributed by atoms with Gasteiger partial charge in [-0.3, -0.25) is 4.79 Å². The van der Waals surface area contributed by atoms with Crippen molar-refractivity contribution in [3.8, 4) is 0 Å². The van der Waals surface area contributed by atoms with Gasteiger partial charge in [0.25, 0.3) is 0 Å². The molecule has 1 amide bonds. The molecule has 1 rings (SSSR count). The van der Waals surface area contributed by atoms with Crippen molar-refractivity contribution in [3.05, 3.63) is 11.8 Å². The second-order valence-electron chi connectivity index (χ2n) is 4.78. The van der Waals surface area contributed by atoms with Crippen LogP contribution in [-0.2, 0) is 14.3 Å². The highest BCUT2D eigenvalue weighted by molar-refractivity contribution is 5.84. The number of carboxylic acids is 1. The van der Waals surface area contributed by atoms with Gasteiger partial charge in [-0.05, 0) is 6.08 Å². The molecule has 21 heavy (non-hydrogen) atoms. The van der Waals surface area contributed by atoms with E-state index in [1.807, 2.05) is 0 Å². The number of aliphatic hydroxyl groups is 3. The van der Waals surface area contributed by atoms with Gasteiger partial charge in [-0.1, -0.05) is 0 Å². The van der Waals surface area contributed by atoms with Crippen LogP contribution in [0.5, 0.6) is 0 Å². The minimum absolute atomic E-state index is 0.00350. The highest BCUT2D eigenvalue weighted by atomic mass is 16.5. The second-order valence-corrected chi connectivity index (χ2v) is 4.78. The van der Waals surface area contributed by atoms with Gasteiger partial charge in [0.1, 0.15) is 18.3 Å². The lowest BCUT2D eigenvalue weighted by Gasteiger charge is -2.39. The van der Waals surface area contributed by atoms with E-state index in [0.717, 1.165) is 0 Å². The van der Waals surface area contributed by atoms with Gasteiger partial charge in [0, 0.05) is 19.4 Å². The highest BCUT2D eigenvalue weighted by Gasteiger charge is 2.42. The number of rotatable bonds is 6. The summed E-state index contributed by atoms with van der Waals surface area (Å²) in [6, 6.07) is -0.827. The van der Waals surface area contributed by atoms with Crippen LogP contribution in [0.2, 0.25) is 0 Å². The van der Waals surface area contributed by atoms with Crippen LogP contribution in [-0.4, -0.2) is 69.8 Å². The van der Waals surface area contributed by atoms with Crippen molar-refractivity contribution >= 4 is 11.9 Å². The molecule has 0 aromatic carbocycles. The standard InChI is InChI=1S/C12H20N2O7/c1-5(16)14-9-6(3-13)2-8(12(19)20)21-11(9)10(18)7(17)4-15/h2,6-7,9-11,15,17-18H,3-4,13H2,1H3,(H,14,16)(H,19,20). The Morgan fingerprint density at radius 3 is 2.52 bits per heavy atom.